The topological polar surface area (TPSA) is 113 Å². The molecule has 8 nitrogen and oxygen atoms in total. The van der Waals surface area contributed by atoms with E-state index in [4.69, 9.17) is 19.3 Å². The average molecular weight is 457 g/mol. The Kier molecular flexibility index (Phi) is 5.20. The highest BCUT2D eigenvalue weighted by atomic mass is 16.5. The monoisotopic (exact) mass is 457 g/mol. The van der Waals surface area contributed by atoms with Gasteiger partial charge in [-0.15, -0.1) is 0 Å². The van der Waals surface area contributed by atoms with Crippen LogP contribution in [-0.4, -0.2) is 22.1 Å². The van der Waals surface area contributed by atoms with Gasteiger partial charge < -0.3 is 19.3 Å². The van der Waals surface area contributed by atoms with Crippen LogP contribution in [0.2, 0.25) is 0 Å². The number of esters is 1. The Bertz CT molecular complexity index is 1610. The molecule has 4 aromatic rings. The Morgan fingerprint density at radius 1 is 1.12 bits per heavy atom. The number of carbonyl (C=O) groups is 1. The molecule has 34 heavy (non-hydrogen) atoms. The molecular formula is C26H23N3O5. The second-order valence-corrected chi connectivity index (χ2v) is 8.08. The number of benzene rings is 2. The molecule has 0 spiro atoms. The van der Waals surface area contributed by atoms with E-state index in [0.29, 0.717) is 5.69 Å². The summed E-state index contributed by atoms with van der Waals surface area (Å²) in [6.07, 6.45) is 1.70. The zero-order valence-electron chi connectivity index (χ0n) is 19.0. The number of fused-ring (bicyclic) bond motifs is 3. The number of anilines is 1. The third kappa shape index (κ3) is 3.35. The molecule has 3 heterocycles. The van der Waals surface area contributed by atoms with E-state index in [1.54, 1.807) is 13.0 Å². The smallest absolute Gasteiger partial charge is 0.362 e. The van der Waals surface area contributed by atoms with Crippen LogP contribution < -0.4 is 22.3 Å². The number of oxazole rings is 2. The summed E-state index contributed by atoms with van der Waals surface area (Å²) in [6.45, 7) is 5.75. The first-order chi connectivity index (χ1) is 16.4. The number of aryl methyl sites for hydroxylation is 2. The third-order valence-electron chi connectivity index (χ3n) is 5.96. The minimum absolute atomic E-state index is 0.0418. The zero-order valence-corrected chi connectivity index (χ0v) is 19.0. The van der Waals surface area contributed by atoms with Crippen LogP contribution in [0.15, 0.2) is 62.2 Å². The molecular weight excluding hydrogens is 434 g/mol. The molecule has 0 bridgehead atoms. The molecule has 0 amide bonds. The van der Waals surface area contributed by atoms with Crippen molar-refractivity contribution in [2.24, 2.45) is 0 Å². The van der Waals surface area contributed by atoms with Gasteiger partial charge in [0.25, 0.3) is 6.01 Å². The number of rotatable bonds is 4. The van der Waals surface area contributed by atoms with Crippen molar-refractivity contribution in [1.29, 1.82) is 0 Å². The summed E-state index contributed by atoms with van der Waals surface area (Å²) in [5.74, 6) is -1.06. The number of nitrogen functional groups attached to an aromatic ring is 1. The molecule has 1 aliphatic heterocycles. The number of nitrogens with two attached hydrogens (primary N) is 1. The lowest BCUT2D eigenvalue weighted by atomic mass is 9.84. The van der Waals surface area contributed by atoms with Gasteiger partial charge in [-0.25, -0.2) is 14.2 Å². The predicted octanol–water partition coefficient (Wildman–Crippen LogP) is 2.31. The molecule has 172 valence electrons. The van der Waals surface area contributed by atoms with Gasteiger partial charge in [0.2, 0.25) is 11.4 Å². The Labute approximate surface area is 194 Å². The molecule has 1 aliphatic rings. The normalized spacial score (nSPS) is 15.2. The number of carbonyl (C=O) groups excluding carboxylic acids is 1. The van der Waals surface area contributed by atoms with Crippen LogP contribution in [0, 0.1) is 13.8 Å². The first-order valence-electron chi connectivity index (χ1n) is 10.9. The van der Waals surface area contributed by atoms with Crippen LogP contribution in [0.25, 0.3) is 17.5 Å². The summed E-state index contributed by atoms with van der Waals surface area (Å²) in [4.78, 5) is 30.8. The number of aromatic nitrogens is 2. The van der Waals surface area contributed by atoms with E-state index in [2.05, 4.69) is 4.98 Å². The van der Waals surface area contributed by atoms with Gasteiger partial charge in [0, 0.05) is 0 Å². The fourth-order valence-corrected chi connectivity index (χ4v) is 4.36. The lowest BCUT2D eigenvalue weighted by Crippen LogP contribution is -2.37. The number of hydrogen-bond donors (Lipinski definition) is 1. The summed E-state index contributed by atoms with van der Waals surface area (Å²) in [6, 6.07) is 15.1. The van der Waals surface area contributed by atoms with Crippen molar-refractivity contribution in [2.45, 2.75) is 26.7 Å². The first kappa shape index (κ1) is 21.5. The molecule has 0 unspecified atom stereocenters. The molecule has 0 fully saturated rings. The second-order valence-electron chi connectivity index (χ2n) is 8.08. The van der Waals surface area contributed by atoms with Crippen molar-refractivity contribution in [3.63, 3.8) is 0 Å². The van der Waals surface area contributed by atoms with Gasteiger partial charge in [-0.05, 0) is 49.1 Å². The van der Waals surface area contributed by atoms with Crippen molar-refractivity contribution in [1.82, 2.24) is 9.55 Å². The SMILES string of the molecule is CCOC(=O)C1=c2oc(=O)/c(=C\c3ccccc3C)n2-c2oc(N)nc2[C@@H]1c1ccccc1C. The van der Waals surface area contributed by atoms with E-state index in [-0.39, 0.29) is 35.0 Å². The summed E-state index contributed by atoms with van der Waals surface area (Å²) < 4.78 is 18.3. The largest absolute Gasteiger partial charge is 0.462 e. The molecule has 0 saturated carbocycles. The quantitative estimate of drug-likeness (QED) is 0.468. The van der Waals surface area contributed by atoms with Gasteiger partial charge in [0.15, 0.2) is 0 Å². The molecule has 0 aliphatic carbocycles. The maximum atomic E-state index is 13.3. The van der Waals surface area contributed by atoms with Crippen molar-refractivity contribution in [2.75, 3.05) is 12.3 Å². The fraction of sp³-hybridized carbons (Fsp3) is 0.192. The minimum atomic E-state index is -0.687. The van der Waals surface area contributed by atoms with E-state index in [9.17, 15) is 9.59 Å². The Morgan fingerprint density at radius 3 is 2.53 bits per heavy atom. The van der Waals surface area contributed by atoms with E-state index >= 15 is 0 Å². The molecule has 0 radical (unpaired) electrons. The molecule has 0 saturated heterocycles. The summed E-state index contributed by atoms with van der Waals surface area (Å²) in [5.41, 5.74) is 9.49. The van der Waals surface area contributed by atoms with Crippen molar-refractivity contribution in [3.05, 3.63) is 97.8 Å². The van der Waals surface area contributed by atoms with E-state index in [1.165, 1.54) is 4.57 Å². The first-order valence-corrected chi connectivity index (χ1v) is 10.9. The maximum Gasteiger partial charge on any atom is 0.362 e. The molecule has 8 heteroatoms. The second kappa shape index (κ2) is 8.22. The number of nitrogens with zero attached hydrogens (tertiary/aromatic N) is 2. The highest BCUT2D eigenvalue weighted by Crippen LogP contribution is 2.39. The van der Waals surface area contributed by atoms with E-state index in [1.807, 2.05) is 62.4 Å². The number of ether oxygens (including phenoxy) is 1. The maximum absolute atomic E-state index is 13.3. The highest BCUT2D eigenvalue weighted by Gasteiger charge is 2.40. The lowest BCUT2D eigenvalue weighted by molar-refractivity contribution is -0.136. The van der Waals surface area contributed by atoms with Gasteiger partial charge in [0.1, 0.15) is 16.6 Å². The van der Waals surface area contributed by atoms with Gasteiger partial charge in [-0.1, -0.05) is 48.5 Å². The summed E-state index contributed by atoms with van der Waals surface area (Å²) in [5, 5.41) is 0.187. The Morgan fingerprint density at radius 2 is 1.82 bits per heavy atom. The fourth-order valence-electron chi connectivity index (χ4n) is 4.36. The van der Waals surface area contributed by atoms with Gasteiger partial charge in [0.05, 0.1) is 12.5 Å². The van der Waals surface area contributed by atoms with Crippen LogP contribution in [0.4, 0.5) is 6.01 Å². The van der Waals surface area contributed by atoms with E-state index in [0.717, 1.165) is 22.3 Å². The van der Waals surface area contributed by atoms with Crippen LogP contribution in [0.3, 0.4) is 0 Å². The minimum Gasteiger partial charge on any atom is -0.462 e. The van der Waals surface area contributed by atoms with Crippen molar-refractivity contribution < 1.29 is 18.4 Å². The molecule has 5 rings (SSSR count). The van der Waals surface area contributed by atoms with Crippen LogP contribution in [-0.2, 0) is 9.53 Å². The summed E-state index contributed by atoms with van der Waals surface area (Å²) >= 11 is 0. The van der Waals surface area contributed by atoms with Crippen LogP contribution >= 0.6 is 0 Å². The van der Waals surface area contributed by atoms with E-state index < -0.39 is 17.5 Å². The van der Waals surface area contributed by atoms with Crippen molar-refractivity contribution >= 4 is 23.6 Å². The molecule has 2 aromatic carbocycles. The summed E-state index contributed by atoms with van der Waals surface area (Å²) in [7, 11) is 0. The molecule has 2 aromatic heterocycles. The zero-order chi connectivity index (χ0) is 24.0. The number of hydrogen-bond acceptors (Lipinski definition) is 7. The molecule has 2 N–H and O–H groups in total. The van der Waals surface area contributed by atoms with Gasteiger partial charge in [-0.3, -0.25) is 0 Å². The van der Waals surface area contributed by atoms with Gasteiger partial charge in [-0.2, -0.15) is 4.98 Å². The highest BCUT2D eigenvalue weighted by molar-refractivity contribution is 6.12. The molecule has 1 atom stereocenters. The van der Waals surface area contributed by atoms with Crippen LogP contribution in [0.5, 0.6) is 0 Å². The lowest BCUT2D eigenvalue weighted by Gasteiger charge is -2.23. The predicted molar refractivity (Wildman–Crippen MR) is 126 cm³/mol. The van der Waals surface area contributed by atoms with Crippen molar-refractivity contribution in [3.8, 4) is 5.88 Å². The Hall–Kier alpha value is -4.33. The standard InChI is InChI=1S/C26H23N3O5/c1-4-32-25(31)20-19(17-12-8-6-10-15(17)3)21-23(34-26(27)28-21)29-18(24(30)33-22(20)29)13-16-11-7-5-9-14(16)2/h5-13,19H,4H2,1-3H3,(H2,27,28)/b18-13+/t19-/m1/s1. The van der Waals surface area contributed by atoms with Crippen LogP contribution in [0.1, 0.15) is 40.8 Å². The van der Waals surface area contributed by atoms with Gasteiger partial charge >= 0.3 is 11.6 Å². The third-order valence-corrected chi connectivity index (χ3v) is 5.96. The average Bonchev–Trinajstić information content (AvgIpc) is 3.34. The Balaban J connectivity index is 1.94.